The summed E-state index contributed by atoms with van der Waals surface area (Å²) in [5.41, 5.74) is 0. The van der Waals surface area contributed by atoms with Gasteiger partial charge in [0.05, 0.1) is 0 Å². The van der Waals surface area contributed by atoms with E-state index in [1.165, 1.54) is 70.6 Å². The summed E-state index contributed by atoms with van der Waals surface area (Å²) in [7, 11) is 0. The average Bonchev–Trinajstić information content (AvgIpc) is 2.72. The quantitative estimate of drug-likeness (QED) is 0.0690. The van der Waals surface area contributed by atoms with Crippen LogP contribution in [0.5, 0.6) is 0 Å². The Labute approximate surface area is 189 Å². The van der Waals surface area contributed by atoms with Gasteiger partial charge in [0.25, 0.3) is 0 Å². The monoisotopic (exact) mass is 522 g/mol. The van der Waals surface area contributed by atoms with E-state index in [1.807, 2.05) is 0 Å². The number of carboxylic acids is 1. The van der Waals surface area contributed by atoms with Gasteiger partial charge in [-0.3, -0.25) is 9.68 Å². The molecule has 0 saturated heterocycles. The molecule has 29 heavy (non-hydrogen) atoms. The van der Waals surface area contributed by atoms with Gasteiger partial charge >= 0.3 is 81.5 Å². The van der Waals surface area contributed by atoms with Crippen LogP contribution in [0.4, 0.5) is 0 Å². The van der Waals surface area contributed by atoms with E-state index >= 15 is 0 Å². The number of carboxylic acid groups (broad SMARTS) is 1. The molecule has 0 heterocycles. The number of hydrogen-bond donors (Lipinski definition) is 2. The number of unbranched alkanes of at least 4 members (excludes halogenated alkanes) is 10. The van der Waals surface area contributed by atoms with E-state index in [0.29, 0.717) is 6.42 Å². The molecule has 0 aromatic rings. The fraction of sp³-hybridized carbons (Fsp3) is 0.826. The first-order chi connectivity index (χ1) is 14.0. The molecule has 5 nitrogen and oxygen atoms in total. The molecular weight excluding hydrogens is 475 g/mol. The van der Waals surface area contributed by atoms with Crippen molar-refractivity contribution in [1.82, 2.24) is 0 Å². The van der Waals surface area contributed by atoms with Gasteiger partial charge in [-0.25, -0.2) is 4.79 Å². The predicted octanol–water partition coefficient (Wildman–Crippen LogP) is 7.31. The van der Waals surface area contributed by atoms with E-state index in [2.05, 4.69) is 32.2 Å². The van der Waals surface area contributed by atoms with Crippen molar-refractivity contribution in [1.29, 1.82) is 0 Å². The minimum absolute atomic E-state index is 0.149. The standard InChI is InChI=1S/C12H24O2.2C4H9.C3H4O3.Sn/c1-2-3-4-5-6-7-8-9-10-11-12(13)14;2*1-3-4-2;1-2-3(4)6-5;/h2-11H2,1H3,(H,13,14);2*1,3-4H2,2H3;2,5H,1H2;. The van der Waals surface area contributed by atoms with Crippen LogP contribution in [0.3, 0.4) is 0 Å². The summed E-state index contributed by atoms with van der Waals surface area (Å²) in [6, 6.07) is 0. The molecule has 0 bridgehead atoms. The van der Waals surface area contributed by atoms with Crippen molar-refractivity contribution in [3.63, 3.8) is 0 Å². The third kappa shape index (κ3) is 42.5. The number of carbonyl (C=O) groups is 2. The molecule has 0 aliphatic rings. The van der Waals surface area contributed by atoms with Crippen LogP contribution in [0.25, 0.3) is 0 Å². The first-order valence-electron chi connectivity index (χ1n) is 11.4. The van der Waals surface area contributed by atoms with Gasteiger partial charge in [-0.1, -0.05) is 64.9 Å². The normalized spacial score (nSPS) is 9.52. The first-order valence-corrected chi connectivity index (χ1v) is 15.4. The fourth-order valence-electron chi connectivity index (χ4n) is 2.35. The van der Waals surface area contributed by atoms with Gasteiger partial charge in [0, 0.05) is 12.5 Å². The van der Waals surface area contributed by atoms with Gasteiger partial charge in [-0.15, -0.1) is 0 Å². The SMILES string of the molecule is C=CC(=O)OO.CCCCCCCCCCCC(=O)O.CCC[CH2][Sn][CH2]CCC. The molecule has 0 aliphatic carbocycles. The van der Waals surface area contributed by atoms with Gasteiger partial charge in [0.15, 0.2) is 0 Å². The first kappa shape index (κ1) is 33.1. The summed E-state index contributed by atoms with van der Waals surface area (Å²) >= 11 is 0.149. The molecule has 0 aromatic carbocycles. The van der Waals surface area contributed by atoms with Crippen LogP contribution in [0, 0.1) is 0 Å². The molecule has 0 atom stereocenters. The molecule has 0 unspecified atom stereocenters. The summed E-state index contributed by atoms with van der Waals surface area (Å²) in [6.45, 7) is 9.81. The number of carbonyl (C=O) groups excluding carboxylic acids is 1. The molecule has 6 heteroatoms. The summed E-state index contributed by atoms with van der Waals surface area (Å²) in [5, 5.41) is 15.8. The van der Waals surface area contributed by atoms with Crippen molar-refractivity contribution in [3.05, 3.63) is 12.7 Å². The van der Waals surface area contributed by atoms with E-state index in [1.54, 1.807) is 8.87 Å². The van der Waals surface area contributed by atoms with Gasteiger partial charge in [0.2, 0.25) is 0 Å². The molecule has 2 N–H and O–H groups in total. The van der Waals surface area contributed by atoms with E-state index in [-0.39, 0.29) is 21.1 Å². The third-order valence-electron chi connectivity index (χ3n) is 4.17. The van der Waals surface area contributed by atoms with E-state index in [0.717, 1.165) is 18.9 Å². The van der Waals surface area contributed by atoms with E-state index in [4.69, 9.17) is 10.4 Å². The number of rotatable bonds is 17. The Morgan fingerprint density at radius 3 is 1.52 bits per heavy atom. The van der Waals surface area contributed by atoms with Gasteiger partial charge in [-0.2, -0.15) is 5.26 Å². The zero-order valence-corrected chi connectivity index (χ0v) is 22.1. The summed E-state index contributed by atoms with van der Waals surface area (Å²) in [6.07, 6.45) is 18.2. The molecule has 0 aliphatic heterocycles. The van der Waals surface area contributed by atoms with Gasteiger partial charge in [-0.05, 0) is 6.42 Å². The van der Waals surface area contributed by atoms with Crippen molar-refractivity contribution in [2.24, 2.45) is 0 Å². The molecule has 0 rings (SSSR count). The number of hydrogen-bond acceptors (Lipinski definition) is 4. The van der Waals surface area contributed by atoms with Crippen molar-refractivity contribution in [2.45, 2.75) is 120 Å². The summed E-state index contributed by atoms with van der Waals surface area (Å²) < 4.78 is 3.25. The molecular formula is C23H46O5Sn. The second kappa shape index (κ2) is 32.1. The molecule has 0 aromatic heterocycles. The maximum atomic E-state index is 10.2. The Morgan fingerprint density at radius 2 is 1.21 bits per heavy atom. The Hall–Kier alpha value is -0.561. The van der Waals surface area contributed by atoms with Gasteiger partial charge in [0.1, 0.15) is 0 Å². The minimum atomic E-state index is -0.838. The molecule has 0 spiro atoms. The average molecular weight is 521 g/mol. The van der Waals surface area contributed by atoms with E-state index in [9.17, 15) is 9.59 Å². The Morgan fingerprint density at radius 1 is 0.793 bits per heavy atom. The van der Waals surface area contributed by atoms with Crippen LogP contribution in [0.1, 0.15) is 111 Å². The van der Waals surface area contributed by atoms with Crippen LogP contribution < -0.4 is 0 Å². The van der Waals surface area contributed by atoms with Gasteiger partial charge < -0.3 is 5.11 Å². The zero-order chi connectivity index (χ0) is 22.6. The maximum absolute atomic E-state index is 10.2. The molecule has 0 fully saturated rings. The Bertz CT molecular complexity index is 342. The third-order valence-corrected chi connectivity index (χ3v) is 8.20. The van der Waals surface area contributed by atoms with Crippen molar-refractivity contribution < 1.29 is 24.8 Å². The van der Waals surface area contributed by atoms with Crippen molar-refractivity contribution in [2.75, 3.05) is 0 Å². The predicted molar refractivity (Wildman–Crippen MR) is 124 cm³/mol. The Kier molecular flexibility index (Phi) is 36.6. The molecule has 0 saturated carbocycles. The van der Waals surface area contributed by atoms with E-state index < -0.39 is 11.9 Å². The van der Waals surface area contributed by atoms with Crippen molar-refractivity contribution >= 4 is 33.1 Å². The van der Waals surface area contributed by atoms with Crippen LogP contribution >= 0.6 is 0 Å². The zero-order valence-electron chi connectivity index (χ0n) is 19.2. The second-order valence-corrected chi connectivity index (χ2v) is 11.3. The molecule has 172 valence electrons. The Balaban J connectivity index is -0.000000386. The van der Waals surface area contributed by atoms with Crippen LogP contribution in [0.2, 0.25) is 8.87 Å². The van der Waals surface area contributed by atoms with Crippen LogP contribution in [0.15, 0.2) is 12.7 Å². The molecule has 0 amide bonds. The van der Waals surface area contributed by atoms with Crippen LogP contribution in [-0.4, -0.2) is 43.4 Å². The van der Waals surface area contributed by atoms with Crippen molar-refractivity contribution in [3.8, 4) is 0 Å². The summed E-state index contributed by atoms with van der Waals surface area (Å²) in [5.74, 6) is -1.50. The summed E-state index contributed by atoms with van der Waals surface area (Å²) in [4.78, 5) is 22.9. The molecule has 2 radical (unpaired) electrons. The van der Waals surface area contributed by atoms with Crippen LogP contribution in [-0.2, 0) is 14.5 Å². The topological polar surface area (TPSA) is 83.8 Å². The second-order valence-electron chi connectivity index (χ2n) is 7.04. The number of aliphatic carboxylic acids is 1. The fourth-order valence-corrected chi connectivity index (χ4v) is 6.51.